The first-order chi connectivity index (χ1) is 11.5. The van der Waals surface area contributed by atoms with Crippen molar-refractivity contribution in [3.63, 3.8) is 0 Å². The van der Waals surface area contributed by atoms with Crippen LogP contribution in [0, 0.1) is 0 Å². The number of amides is 2. The monoisotopic (exact) mass is 327 g/mol. The van der Waals surface area contributed by atoms with E-state index in [1.54, 1.807) is 40.7 Å². The molecule has 0 radical (unpaired) electrons. The van der Waals surface area contributed by atoms with E-state index in [2.05, 4.69) is 5.10 Å². The summed E-state index contributed by atoms with van der Waals surface area (Å²) in [6, 6.07) is 7.40. The molecule has 1 aromatic heterocycles. The summed E-state index contributed by atoms with van der Waals surface area (Å²) in [5.74, 6) is 0.591. The van der Waals surface area contributed by atoms with E-state index in [0.29, 0.717) is 37.6 Å². The number of rotatable bonds is 2. The molecule has 1 saturated heterocycles. The molecule has 7 nitrogen and oxygen atoms in total. The van der Waals surface area contributed by atoms with Crippen LogP contribution in [-0.2, 0) is 11.8 Å². The Balaban J connectivity index is 1.78. The summed E-state index contributed by atoms with van der Waals surface area (Å²) in [6.07, 6.45) is 1.70. The summed E-state index contributed by atoms with van der Waals surface area (Å²) >= 11 is 0. The molecule has 2 N–H and O–H groups in total. The molecule has 0 aliphatic carbocycles. The summed E-state index contributed by atoms with van der Waals surface area (Å²) < 4.78 is 1.60. The van der Waals surface area contributed by atoms with Crippen LogP contribution in [0.1, 0.15) is 17.3 Å². The summed E-state index contributed by atoms with van der Waals surface area (Å²) in [5, 5.41) is 4.14. The van der Waals surface area contributed by atoms with Gasteiger partial charge in [-0.05, 0) is 17.7 Å². The Hall–Kier alpha value is -2.83. The van der Waals surface area contributed by atoms with Crippen molar-refractivity contribution in [2.45, 2.75) is 6.92 Å². The van der Waals surface area contributed by atoms with Gasteiger partial charge in [0.2, 0.25) is 5.91 Å². The second kappa shape index (κ2) is 6.35. The molecule has 2 aromatic rings. The molecular formula is C17H21N5O2. The Kier molecular flexibility index (Phi) is 4.24. The molecule has 0 atom stereocenters. The van der Waals surface area contributed by atoms with Crippen LogP contribution in [-0.4, -0.2) is 57.6 Å². The minimum absolute atomic E-state index is 0.0255. The van der Waals surface area contributed by atoms with Gasteiger partial charge in [0, 0.05) is 51.3 Å². The van der Waals surface area contributed by atoms with Crippen molar-refractivity contribution in [2.75, 3.05) is 31.9 Å². The topological polar surface area (TPSA) is 84.5 Å². The number of nitrogens with two attached hydrogens (primary N) is 1. The fourth-order valence-corrected chi connectivity index (χ4v) is 2.90. The number of nitrogen functional groups attached to an aromatic ring is 1. The first-order valence-electron chi connectivity index (χ1n) is 7.90. The predicted octanol–water partition coefficient (Wildman–Crippen LogP) is 0.974. The Morgan fingerprint density at radius 1 is 1.12 bits per heavy atom. The van der Waals surface area contributed by atoms with Crippen LogP contribution >= 0.6 is 0 Å². The molecule has 126 valence electrons. The van der Waals surface area contributed by atoms with Crippen LogP contribution in [0.5, 0.6) is 0 Å². The van der Waals surface area contributed by atoms with Gasteiger partial charge in [-0.3, -0.25) is 14.3 Å². The van der Waals surface area contributed by atoms with Crippen molar-refractivity contribution in [3.05, 3.63) is 36.0 Å². The molecule has 7 heteroatoms. The number of carbonyl (C=O) groups is 2. The number of hydrogen-bond acceptors (Lipinski definition) is 4. The third kappa shape index (κ3) is 2.97. The number of carbonyl (C=O) groups excluding carboxylic acids is 2. The van der Waals surface area contributed by atoms with E-state index >= 15 is 0 Å². The van der Waals surface area contributed by atoms with Crippen molar-refractivity contribution in [1.82, 2.24) is 19.6 Å². The summed E-state index contributed by atoms with van der Waals surface area (Å²) in [7, 11) is 1.78. The number of aryl methyl sites for hydroxylation is 1. The van der Waals surface area contributed by atoms with E-state index in [4.69, 9.17) is 5.73 Å². The molecule has 2 heterocycles. The molecule has 3 rings (SSSR count). The molecule has 0 saturated carbocycles. The van der Waals surface area contributed by atoms with Crippen LogP contribution in [0.4, 0.5) is 5.82 Å². The normalized spacial score (nSPS) is 14.8. The summed E-state index contributed by atoms with van der Waals surface area (Å²) in [4.78, 5) is 27.6. The molecule has 1 aliphatic rings. The average molecular weight is 327 g/mol. The van der Waals surface area contributed by atoms with Crippen LogP contribution in [0.25, 0.3) is 11.1 Å². The molecular weight excluding hydrogens is 306 g/mol. The Bertz CT molecular complexity index is 775. The van der Waals surface area contributed by atoms with Gasteiger partial charge in [-0.15, -0.1) is 0 Å². The molecule has 0 bridgehead atoms. The second-order valence-corrected chi connectivity index (χ2v) is 5.95. The Labute approximate surface area is 140 Å². The molecule has 0 spiro atoms. The van der Waals surface area contributed by atoms with Crippen LogP contribution in [0.2, 0.25) is 0 Å². The van der Waals surface area contributed by atoms with Crippen molar-refractivity contribution in [2.24, 2.45) is 7.05 Å². The predicted molar refractivity (Wildman–Crippen MR) is 91.2 cm³/mol. The molecule has 0 unspecified atom stereocenters. The van der Waals surface area contributed by atoms with Crippen molar-refractivity contribution < 1.29 is 9.59 Å². The van der Waals surface area contributed by atoms with E-state index < -0.39 is 0 Å². The number of piperazine rings is 1. The van der Waals surface area contributed by atoms with Gasteiger partial charge in [0.15, 0.2) is 0 Å². The number of anilines is 1. The SMILES string of the molecule is CC(=O)N1CCN(C(=O)c2cccc(-c3cnn(C)c3N)c2)CC1. The smallest absolute Gasteiger partial charge is 0.253 e. The van der Waals surface area contributed by atoms with Gasteiger partial charge in [0.25, 0.3) is 5.91 Å². The zero-order valence-corrected chi connectivity index (χ0v) is 13.9. The first kappa shape index (κ1) is 16.0. The Morgan fingerprint density at radius 3 is 2.38 bits per heavy atom. The van der Waals surface area contributed by atoms with Gasteiger partial charge >= 0.3 is 0 Å². The standard InChI is InChI=1S/C17H21N5O2/c1-12(23)21-6-8-22(9-7-21)17(24)14-5-3-4-13(10-14)15-11-19-20(2)16(15)18/h3-5,10-11H,6-9,18H2,1-2H3. The van der Waals surface area contributed by atoms with Crippen molar-refractivity contribution in [3.8, 4) is 11.1 Å². The maximum Gasteiger partial charge on any atom is 0.253 e. The summed E-state index contributed by atoms with van der Waals surface area (Å²) in [5.41, 5.74) is 8.32. The van der Waals surface area contributed by atoms with E-state index in [9.17, 15) is 9.59 Å². The third-order valence-electron chi connectivity index (χ3n) is 4.42. The lowest BCUT2D eigenvalue weighted by Crippen LogP contribution is -2.50. The van der Waals surface area contributed by atoms with Crippen LogP contribution < -0.4 is 5.73 Å². The molecule has 1 aromatic carbocycles. The van der Waals surface area contributed by atoms with Gasteiger partial charge < -0.3 is 15.5 Å². The zero-order chi connectivity index (χ0) is 17.3. The molecule has 2 amide bonds. The van der Waals surface area contributed by atoms with Crippen LogP contribution in [0.15, 0.2) is 30.5 Å². The lowest BCUT2D eigenvalue weighted by molar-refractivity contribution is -0.130. The summed E-state index contributed by atoms with van der Waals surface area (Å²) in [6.45, 7) is 3.82. The van der Waals surface area contributed by atoms with E-state index in [1.807, 2.05) is 18.2 Å². The second-order valence-electron chi connectivity index (χ2n) is 5.95. The maximum atomic E-state index is 12.7. The maximum absolute atomic E-state index is 12.7. The highest BCUT2D eigenvalue weighted by Gasteiger charge is 2.23. The first-order valence-corrected chi connectivity index (χ1v) is 7.90. The highest BCUT2D eigenvalue weighted by Crippen LogP contribution is 2.26. The highest BCUT2D eigenvalue weighted by atomic mass is 16.2. The fraction of sp³-hybridized carbons (Fsp3) is 0.353. The van der Waals surface area contributed by atoms with E-state index in [0.717, 1.165) is 11.1 Å². The molecule has 24 heavy (non-hydrogen) atoms. The van der Waals surface area contributed by atoms with E-state index in [-0.39, 0.29) is 11.8 Å². The average Bonchev–Trinajstić information content (AvgIpc) is 2.93. The largest absolute Gasteiger partial charge is 0.383 e. The van der Waals surface area contributed by atoms with Crippen molar-refractivity contribution >= 4 is 17.6 Å². The Morgan fingerprint density at radius 2 is 1.79 bits per heavy atom. The third-order valence-corrected chi connectivity index (χ3v) is 4.42. The van der Waals surface area contributed by atoms with Crippen LogP contribution in [0.3, 0.4) is 0 Å². The van der Waals surface area contributed by atoms with Gasteiger partial charge in [-0.25, -0.2) is 0 Å². The number of nitrogens with zero attached hydrogens (tertiary/aromatic N) is 4. The van der Waals surface area contributed by atoms with E-state index in [1.165, 1.54) is 0 Å². The number of benzene rings is 1. The zero-order valence-electron chi connectivity index (χ0n) is 13.9. The van der Waals surface area contributed by atoms with Gasteiger partial charge in [0.1, 0.15) is 5.82 Å². The minimum Gasteiger partial charge on any atom is -0.383 e. The molecule has 1 aliphatic heterocycles. The van der Waals surface area contributed by atoms with Gasteiger partial charge in [-0.2, -0.15) is 5.10 Å². The minimum atomic E-state index is -0.0255. The highest BCUT2D eigenvalue weighted by molar-refractivity contribution is 5.96. The molecule has 1 fully saturated rings. The lowest BCUT2D eigenvalue weighted by atomic mass is 10.0. The quantitative estimate of drug-likeness (QED) is 0.891. The number of hydrogen-bond donors (Lipinski definition) is 1. The van der Waals surface area contributed by atoms with Gasteiger partial charge in [0.05, 0.1) is 6.20 Å². The number of aromatic nitrogens is 2. The van der Waals surface area contributed by atoms with Crippen molar-refractivity contribution in [1.29, 1.82) is 0 Å². The fourth-order valence-electron chi connectivity index (χ4n) is 2.90. The lowest BCUT2D eigenvalue weighted by Gasteiger charge is -2.34. The van der Waals surface area contributed by atoms with Gasteiger partial charge in [-0.1, -0.05) is 12.1 Å².